The normalized spacial score (nSPS) is 14.5. The third-order valence-electron chi connectivity index (χ3n) is 3.90. The summed E-state index contributed by atoms with van der Waals surface area (Å²) in [6, 6.07) is 5.95. The number of nitrogens with zero attached hydrogens (tertiary/aromatic N) is 3. The van der Waals surface area contributed by atoms with E-state index in [9.17, 15) is 14.9 Å². The van der Waals surface area contributed by atoms with Crippen molar-refractivity contribution in [1.29, 1.82) is 0 Å². The maximum Gasteiger partial charge on any atom is 0.269 e. The molecule has 1 unspecified atom stereocenters. The van der Waals surface area contributed by atoms with E-state index in [0.29, 0.717) is 23.7 Å². The second kappa shape index (κ2) is 7.41. The van der Waals surface area contributed by atoms with Crippen molar-refractivity contribution < 1.29 is 9.72 Å². The van der Waals surface area contributed by atoms with E-state index in [1.54, 1.807) is 18.3 Å². The molecule has 8 nitrogen and oxygen atoms in total. The Morgan fingerprint density at radius 2 is 2.08 bits per heavy atom. The first-order valence-electron chi connectivity index (χ1n) is 7.38. The fourth-order valence-corrected chi connectivity index (χ4v) is 2.31. The number of carbonyl (C=O) groups is 1. The van der Waals surface area contributed by atoms with E-state index in [1.807, 2.05) is 0 Å². The van der Waals surface area contributed by atoms with Crippen LogP contribution in [0, 0.1) is 16.0 Å². The van der Waals surface area contributed by atoms with E-state index in [0.717, 1.165) is 12.8 Å². The third-order valence-corrected chi connectivity index (χ3v) is 3.90. The number of hydrogen-bond acceptors (Lipinski definition) is 5. The number of nitrogens with two attached hydrogens (primary N) is 1. The molecule has 3 N–H and O–H groups in total. The van der Waals surface area contributed by atoms with E-state index in [2.05, 4.69) is 10.4 Å². The van der Waals surface area contributed by atoms with Crippen molar-refractivity contribution in [2.75, 3.05) is 6.54 Å². The molecule has 1 atom stereocenters. The number of aromatic nitrogens is 2. The summed E-state index contributed by atoms with van der Waals surface area (Å²) in [5, 5.41) is 17.6. The Hall–Kier alpha value is -2.45. The van der Waals surface area contributed by atoms with Crippen molar-refractivity contribution >= 4 is 24.0 Å². The summed E-state index contributed by atoms with van der Waals surface area (Å²) < 4.78 is 1.50. The number of amides is 1. The Bertz CT molecular complexity index is 727. The fourth-order valence-electron chi connectivity index (χ4n) is 2.31. The molecule has 0 radical (unpaired) electrons. The first-order valence-corrected chi connectivity index (χ1v) is 7.38. The Morgan fingerprint density at radius 1 is 1.42 bits per heavy atom. The summed E-state index contributed by atoms with van der Waals surface area (Å²) in [6.07, 6.45) is 5.31. The Morgan fingerprint density at radius 3 is 2.67 bits per heavy atom. The highest BCUT2D eigenvalue weighted by molar-refractivity contribution is 5.93. The van der Waals surface area contributed by atoms with Gasteiger partial charge in [-0.25, -0.2) is 4.68 Å². The Kier molecular flexibility index (Phi) is 5.53. The summed E-state index contributed by atoms with van der Waals surface area (Å²) >= 11 is 0. The average Bonchev–Trinajstić information content (AvgIpc) is 3.29. The van der Waals surface area contributed by atoms with Crippen molar-refractivity contribution in [2.45, 2.75) is 18.9 Å². The molecule has 0 spiro atoms. The molecule has 1 aromatic heterocycles. The van der Waals surface area contributed by atoms with E-state index < -0.39 is 4.92 Å². The zero-order chi connectivity index (χ0) is 16.4. The van der Waals surface area contributed by atoms with Crippen molar-refractivity contribution in [3.63, 3.8) is 0 Å². The van der Waals surface area contributed by atoms with Crippen molar-refractivity contribution in [2.24, 2.45) is 11.7 Å². The van der Waals surface area contributed by atoms with Gasteiger partial charge in [-0.1, -0.05) is 0 Å². The van der Waals surface area contributed by atoms with E-state index in [-0.39, 0.29) is 30.0 Å². The molecule has 1 fully saturated rings. The van der Waals surface area contributed by atoms with Crippen LogP contribution in [0.5, 0.6) is 0 Å². The number of nitro groups is 1. The van der Waals surface area contributed by atoms with E-state index in [1.165, 1.54) is 23.0 Å². The summed E-state index contributed by atoms with van der Waals surface area (Å²) in [4.78, 5) is 22.2. The van der Waals surface area contributed by atoms with Gasteiger partial charge in [-0.15, -0.1) is 12.4 Å². The summed E-state index contributed by atoms with van der Waals surface area (Å²) in [6.45, 7) is 0.451. The smallest absolute Gasteiger partial charge is 0.269 e. The molecule has 1 heterocycles. The van der Waals surface area contributed by atoms with Crippen LogP contribution in [0.3, 0.4) is 0 Å². The maximum absolute atomic E-state index is 12.1. The molecule has 0 aliphatic heterocycles. The third kappa shape index (κ3) is 4.09. The predicted octanol–water partition coefficient (Wildman–Crippen LogP) is 1.67. The van der Waals surface area contributed by atoms with Crippen molar-refractivity contribution in [3.8, 4) is 5.69 Å². The highest BCUT2D eigenvalue weighted by Crippen LogP contribution is 2.31. The van der Waals surface area contributed by atoms with Crippen LogP contribution in [0.25, 0.3) is 5.69 Å². The van der Waals surface area contributed by atoms with Gasteiger partial charge in [0.2, 0.25) is 0 Å². The molecule has 0 bridgehead atoms. The molecule has 3 rings (SSSR count). The minimum Gasteiger partial charge on any atom is -0.350 e. The lowest BCUT2D eigenvalue weighted by molar-refractivity contribution is -0.384. The molecule has 9 heteroatoms. The second-order valence-electron chi connectivity index (χ2n) is 5.66. The number of hydrogen-bond donors (Lipinski definition) is 2. The van der Waals surface area contributed by atoms with Gasteiger partial charge in [0.1, 0.15) is 0 Å². The first kappa shape index (κ1) is 17.9. The number of rotatable bonds is 6. The lowest BCUT2D eigenvalue weighted by atomic mass is 10.2. The minimum absolute atomic E-state index is 0. The topological polar surface area (TPSA) is 116 Å². The average molecular weight is 352 g/mol. The molecule has 1 aromatic carbocycles. The quantitative estimate of drug-likeness (QED) is 0.606. The van der Waals surface area contributed by atoms with Gasteiger partial charge in [-0.3, -0.25) is 14.9 Å². The van der Waals surface area contributed by atoms with Crippen LogP contribution in [0.2, 0.25) is 0 Å². The summed E-state index contributed by atoms with van der Waals surface area (Å²) in [5.41, 5.74) is 7.02. The number of non-ortho nitro benzene ring substituents is 1. The maximum atomic E-state index is 12.1. The number of nitro benzene ring substituents is 1. The van der Waals surface area contributed by atoms with Crippen LogP contribution in [0.4, 0.5) is 5.69 Å². The highest BCUT2D eigenvalue weighted by atomic mass is 35.5. The van der Waals surface area contributed by atoms with Gasteiger partial charge in [0.05, 0.1) is 22.4 Å². The minimum atomic E-state index is -0.463. The van der Waals surface area contributed by atoms with Gasteiger partial charge < -0.3 is 11.1 Å². The lowest BCUT2D eigenvalue weighted by Crippen LogP contribution is -2.38. The second-order valence-corrected chi connectivity index (χ2v) is 5.66. The number of benzene rings is 1. The van der Waals surface area contributed by atoms with E-state index >= 15 is 0 Å². The van der Waals surface area contributed by atoms with Gasteiger partial charge in [0, 0.05) is 30.9 Å². The molecule has 24 heavy (non-hydrogen) atoms. The zero-order valence-electron chi connectivity index (χ0n) is 12.8. The molecule has 1 aliphatic rings. The monoisotopic (exact) mass is 351 g/mol. The standard InChI is InChI=1S/C15H17N5O3.ClH/c16-14(10-1-2-10)8-17-15(21)11-7-18-19(9-11)12-3-5-13(6-4-12)20(22)23;/h3-7,9-10,14H,1-2,8,16H2,(H,17,21);1H. The van der Waals surface area contributed by atoms with Crippen molar-refractivity contribution in [3.05, 3.63) is 52.3 Å². The molecule has 1 saturated carbocycles. The first-order chi connectivity index (χ1) is 11.0. The molecule has 0 saturated heterocycles. The number of carbonyl (C=O) groups excluding carboxylic acids is 1. The molecule has 2 aromatic rings. The van der Waals surface area contributed by atoms with Gasteiger partial charge in [0.25, 0.3) is 11.6 Å². The van der Waals surface area contributed by atoms with E-state index in [4.69, 9.17) is 5.73 Å². The molecular weight excluding hydrogens is 334 g/mol. The van der Waals surface area contributed by atoms with Crippen LogP contribution in [0.15, 0.2) is 36.7 Å². The largest absolute Gasteiger partial charge is 0.350 e. The highest BCUT2D eigenvalue weighted by Gasteiger charge is 2.28. The lowest BCUT2D eigenvalue weighted by Gasteiger charge is -2.10. The Balaban J connectivity index is 0.00000208. The number of halogens is 1. The summed E-state index contributed by atoms with van der Waals surface area (Å²) in [5.74, 6) is 0.299. The van der Waals surface area contributed by atoms with Crippen LogP contribution in [-0.4, -0.2) is 33.2 Å². The van der Waals surface area contributed by atoms with Crippen LogP contribution in [-0.2, 0) is 0 Å². The fraction of sp³-hybridized carbons (Fsp3) is 0.333. The van der Waals surface area contributed by atoms with Gasteiger partial charge in [-0.05, 0) is 30.9 Å². The van der Waals surface area contributed by atoms with Gasteiger partial charge in [0.15, 0.2) is 0 Å². The molecule has 1 amide bonds. The van der Waals surface area contributed by atoms with Crippen LogP contribution in [0.1, 0.15) is 23.2 Å². The van der Waals surface area contributed by atoms with Gasteiger partial charge in [-0.2, -0.15) is 5.10 Å². The molecule has 1 aliphatic carbocycles. The number of nitrogens with one attached hydrogen (secondary N) is 1. The molecule has 128 valence electrons. The Labute approximate surface area is 144 Å². The van der Waals surface area contributed by atoms with Gasteiger partial charge >= 0.3 is 0 Å². The summed E-state index contributed by atoms with van der Waals surface area (Å²) in [7, 11) is 0. The predicted molar refractivity (Wildman–Crippen MR) is 90.5 cm³/mol. The SMILES string of the molecule is Cl.NC(CNC(=O)c1cnn(-c2ccc([N+](=O)[O-])cc2)c1)C1CC1. The molecular formula is C15H18ClN5O3. The van der Waals surface area contributed by atoms with Crippen molar-refractivity contribution in [1.82, 2.24) is 15.1 Å². The van der Waals surface area contributed by atoms with Crippen LogP contribution < -0.4 is 11.1 Å². The zero-order valence-corrected chi connectivity index (χ0v) is 13.6. The van der Waals surface area contributed by atoms with Crippen LogP contribution >= 0.6 is 12.4 Å².